The van der Waals surface area contributed by atoms with Gasteiger partial charge in [-0.1, -0.05) is 103 Å². The van der Waals surface area contributed by atoms with Crippen LogP contribution >= 0.6 is 0 Å². The lowest BCUT2D eigenvalue weighted by molar-refractivity contribution is -0.340. The van der Waals surface area contributed by atoms with Crippen molar-refractivity contribution in [2.75, 3.05) is 19.8 Å². The SMILES string of the molecule is CCCCC[C@H]1C[C@@]2(C(=O)O)[C@H](O)C[C@](C)(CO)C[C@H]2C2=CC[C@@H]3[C@@]4(C)C[C@@H](OCc5ccccc5)[C@@H](O[C@@H]5OC[C@@H](O)[C@H](O)[C@H]5O)[C@@](C)([C@H](O)CO)[C@H]4CC[C@@]3(C)[C@@]21C. The van der Waals surface area contributed by atoms with E-state index in [9.17, 15) is 45.6 Å². The quantitative estimate of drug-likeness (QED) is 0.0753. The number of aliphatic hydroxyl groups is 7. The van der Waals surface area contributed by atoms with E-state index >= 15 is 0 Å². The number of aliphatic hydroxyl groups excluding tert-OH is 7. The number of rotatable bonds is 13. The van der Waals surface area contributed by atoms with Gasteiger partial charge in [-0.3, -0.25) is 4.79 Å². The van der Waals surface area contributed by atoms with Gasteiger partial charge in [0.2, 0.25) is 0 Å². The fraction of sp³-hybridized carbons (Fsp3) is 0.812. The molecular weight excluding hydrogens is 769 g/mol. The molecule has 6 aliphatic rings. The molecule has 5 fully saturated rings. The third kappa shape index (κ3) is 6.97. The molecule has 338 valence electrons. The Morgan fingerprint density at radius 1 is 0.933 bits per heavy atom. The van der Waals surface area contributed by atoms with Gasteiger partial charge in [0.15, 0.2) is 6.29 Å². The summed E-state index contributed by atoms with van der Waals surface area (Å²) < 4.78 is 19.4. The molecule has 12 heteroatoms. The maximum atomic E-state index is 13.7. The maximum Gasteiger partial charge on any atom is 0.312 e. The molecule has 0 spiro atoms. The lowest BCUT2D eigenvalue weighted by atomic mass is 9.31. The van der Waals surface area contributed by atoms with Crippen molar-refractivity contribution in [3.05, 3.63) is 47.5 Å². The highest BCUT2D eigenvalue weighted by molar-refractivity contribution is 5.78. The lowest BCUT2D eigenvalue weighted by Gasteiger charge is -2.74. The smallest absolute Gasteiger partial charge is 0.312 e. The summed E-state index contributed by atoms with van der Waals surface area (Å²) in [4.78, 5) is 13.7. The van der Waals surface area contributed by atoms with Gasteiger partial charge in [-0.05, 0) is 102 Å². The Morgan fingerprint density at radius 3 is 2.30 bits per heavy atom. The number of aliphatic carboxylic acids is 1. The minimum Gasteiger partial charge on any atom is -0.481 e. The van der Waals surface area contributed by atoms with Crippen molar-refractivity contribution in [2.45, 2.75) is 168 Å². The molecule has 0 radical (unpaired) electrons. The highest BCUT2D eigenvalue weighted by Crippen LogP contribution is 2.78. The van der Waals surface area contributed by atoms with E-state index in [1.807, 2.05) is 44.2 Å². The molecule has 5 aliphatic carbocycles. The molecule has 4 saturated carbocycles. The van der Waals surface area contributed by atoms with Crippen LogP contribution in [0.2, 0.25) is 0 Å². The van der Waals surface area contributed by atoms with Crippen LogP contribution in [0.25, 0.3) is 0 Å². The summed E-state index contributed by atoms with van der Waals surface area (Å²) in [5.74, 6) is -1.62. The Balaban J connectivity index is 1.35. The normalized spacial score (nSPS) is 48.1. The Hall–Kier alpha value is -1.97. The largest absolute Gasteiger partial charge is 0.481 e. The number of ether oxygens (including phenoxy) is 3. The van der Waals surface area contributed by atoms with Crippen molar-refractivity contribution >= 4 is 5.97 Å². The van der Waals surface area contributed by atoms with E-state index in [0.29, 0.717) is 32.1 Å². The summed E-state index contributed by atoms with van der Waals surface area (Å²) in [5, 5.41) is 88.9. The zero-order chi connectivity index (χ0) is 43.6. The van der Waals surface area contributed by atoms with Crippen LogP contribution < -0.4 is 0 Å². The second-order valence-electron chi connectivity index (χ2n) is 21.3. The van der Waals surface area contributed by atoms with Gasteiger partial charge in [-0.25, -0.2) is 0 Å². The summed E-state index contributed by atoms with van der Waals surface area (Å²) in [7, 11) is 0. The molecular formula is C48H74O12. The summed E-state index contributed by atoms with van der Waals surface area (Å²) in [6.07, 6.45) is 0.187. The van der Waals surface area contributed by atoms with Crippen LogP contribution in [-0.2, 0) is 25.6 Å². The lowest BCUT2D eigenvalue weighted by Crippen LogP contribution is -2.72. The van der Waals surface area contributed by atoms with Gasteiger partial charge in [0, 0.05) is 12.0 Å². The standard InChI is InChI=1S/C48H74O12/c1-7-8-10-15-29-20-48(42(56)57)31(21-43(2,27-50)23-36(48)52)30-16-17-34-44(3)22-33(58-25-28-13-11-9-12-14-28)40(60-41-39(55)38(54)32(51)26-59-41)46(5,37(53)24-49)35(44)18-19-45(34,4)47(29,30)6/h9,11-14,16,29,31-41,49-55H,7-8,10,15,17-27H2,1-6H3,(H,56,57)/t29-,31-,32+,33+,34+,35-,36+,37+,38-,39+,40+,41-,43+,44+,45+,46+,47+,48-/m0/s1. The van der Waals surface area contributed by atoms with Crippen molar-refractivity contribution in [3.63, 3.8) is 0 Å². The fourth-order valence-electron chi connectivity index (χ4n) is 14.8. The summed E-state index contributed by atoms with van der Waals surface area (Å²) in [6.45, 7) is 12.5. The van der Waals surface area contributed by atoms with E-state index in [0.717, 1.165) is 43.2 Å². The van der Waals surface area contributed by atoms with E-state index < -0.39 is 94.6 Å². The molecule has 7 rings (SSSR count). The zero-order valence-corrected chi connectivity index (χ0v) is 36.7. The molecule has 1 aromatic rings. The van der Waals surface area contributed by atoms with Gasteiger partial charge in [0.1, 0.15) is 23.7 Å². The van der Waals surface area contributed by atoms with E-state index in [2.05, 4.69) is 33.8 Å². The van der Waals surface area contributed by atoms with E-state index in [1.54, 1.807) is 0 Å². The number of hydrogen-bond acceptors (Lipinski definition) is 11. The van der Waals surface area contributed by atoms with Gasteiger partial charge >= 0.3 is 5.97 Å². The summed E-state index contributed by atoms with van der Waals surface area (Å²) >= 11 is 0. The first-order valence-corrected chi connectivity index (χ1v) is 22.8. The number of carboxylic acids is 1. The number of carboxylic acid groups (broad SMARTS) is 1. The van der Waals surface area contributed by atoms with Crippen molar-refractivity contribution in [3.8, 4) is 0 Å². The molecule has 0 amide bonds. The second-order valence-corrected chi connectivity index (χ2v) is 21.3. The first-order chi connectivity index (χ1) is 28.3. The molecule has 12 nitrogen and oxygen atoms in total. The second kappa shape index (κ2) is 16.9. The number of unbranched alkanes of at least 4 members (excludes halogenated alkanes) is 2. The zero-order valence-electron chi connectivity index (χ0n) is 36.7. The van der Waals surface area contributed by atoms with Crippen LogP contribution in [0.1, 0.15) is 118 Å². The molecule has 0 aromatic heterocycles. The molecule has 8 N–H and O–H groups in total. The molecule has 1 heterocycles. The summed E-state index contributed by atoms with van der Waals surface area (Å²) in [5.41, 5.74) is -2.38. The third-order valence-corrected chi connectivity index (χ3v) is 18.3. The fourth-order valence-corrected chi connectivity index (χ4v) is 14.8. The number of hydrogen-bond donors (Lipinski definition) is 8. The van der Waals surface area contributed by atoms with Crippen molar-refractivity contribution in [2.24, 2.45) is 56.2 Å². The first-order valence-electron chi connectivity index (χ1n) is 22.8. The monoisotopic (exact) mass is 843 g/mol. The minimum absolute atomic E-state index is 0.0312. The molecule has 60 heavy (non-hydrogen) atoms. The topological polar surface area (TPSA) is 207 Å². The highest BCUT2D eigenvalue weighted by atomic mass is 16.7. The molecule has 1 aromatic carbocycles. The van der Waals surface area contributed by atoms with Crippen LogP contribution in [0.15, 0.2) is 42.0 Å². The van der Waals surface area contributed by atoms with Gasteiger partial charge in [0.25, 0.3) is 0 Å². The van der Waals surface area contributed by atoms with Crippen LogP contribution in [-0.4, -0.2) is 116 Å². The average Bonchev–Trinajstić information content (AvgIpc) is 3.21. The van der Waals surface area contributed by atoms with Crippen molar-refractivity contribution < 1.29 is 59.9 Å². The van der Waals surface area contributed by atoms with Gasteiger partial charge < -0.3 is 55.1 Å². The van der Waals surface area contributed by atoms with Gasteiger partial charge in [0.05, 0.1) is 44.2 Å². The van der Waals surface area contributed by atoms with Gasteiger partial charge in [-0.2, -0.15) is 0 Å². The molecule has 1 saturated heterocycles. The van der Waals surface area contributed by atoms with E-state index in [-0.39, 0.29) is 49.4 Å². The maximum absolute atomic E-state index is 13.7. The van der Waals surface area contributed by atoms with Crippen molar-refractivity contribution in [1.29, 1.82) is 0 Å². The molecule has 0 unspecified atom stereocenters. The molecule has 1 aliphatic heterocycles. The number of fused-ring (bicyclic) bond motifs is 7. The number of allylic oxidation sites excluding steroid dienone is 2. The predicted octanol–water partition coefficient (Wildman–Crippen LogP) is 4.98. The predicted molar refractivity (Wildman–Crippen MR) is 223 cm³/mol. The number of benzene rings is 1. The Kier molecular flexibility index (Phi) is 12.9. The van der Waals surface area contributed by atoms with Crippen LogP contribution in [0, 0.1) is 56.2 Å². The minimum atomic E-state index is -1.57. The van der Waals surface area contributed by atoms with E-state index in [1.165, 1.54) is 0 Å². The number of carbonyl (C=O) groups is 1. The highest BCUT2D eigenvalue weighted by Gasteiger charge is 2.74. The molecule has 0 bridgehead atoms. The van der Waals surface area contributed by atoms with Crippen molar-refractivity contribution in [1.82, 2.24) is 0 Å². The van der Waals surface area contributed by atoms with Crippen LogP contribution in [0.5, 0.6) is 0 Å². The summed E-state index contributed by atoms with van der Waals surface area (Å²) in [6, 6.07) is 9.78. The molecule has 18 atom stereocenters. The van der Waals surface area contributed by atoms with Crippen LogP contribution in [0.3, 0.4) is 0 Å². The first kappa shape index (κ1) is 46.0. The van der Waals surface area contributed by atoms with Crippen LogP contribution in [0.4, 0.5) is 0 Å². The third-order valence-electron chi connectivity index (χ3n) is 18.3. The Morgan fingerprint density at radius 2 is 1.65 bits per heavy atom. The Bertz CT molecular complexity index is 1710. The van der Waals surface area contributed by atoms with E-state index in [4.69, 9.17) is 14.2 Å². The Labute approximate surface area is 356 Å². The van der Waals surface area contributed by atoms with Gasteiger partial charge in [-0.15, -0.1) is 0 Å². The average molecular weight is 843 g/mol.